The fourth-order valence-corrected chi connectivity index (χ4v) is 3.14. The molecule has 0 unspecified atom stereocenters. The molecule has 1 aliphatic rings. The molecule has 0 atom stereocenters. The van der Waals surface area contributed by atoms with Crippen molar-refractivity contribution in [3.05, 3.63) is 0 Å². The largest absolute Gasteiger partial charge is 0.481 e. The second-order valence-electron chi connectivity index (χ2n) is 5.83. The molecule has 0 amide bonds. The molecule has 0 radical (unpaired) electrons. The predicted molar refractivity (Wildman–Crippen MR) is 83.7 cm³/mol. The first-order chi connectivity index (χ1) is 10.0. The molecule has 0 aliphatic carbocycles. The molecule has 1 aliphatic heterocycles. The Hall–Kier alpha value is -1.15. The van der Waals surface area contributed by atoms with Crippen LogP contribution in [0.15, 0.2) is 0 Å². The van der Waals surface area contributed by atoms with E-state index in [2.05, 4.69) is 4.90 Å². The summed E-state index contributed by atoms with van der Waals surface area (Å²) in [6.07, 6.45) is 4.06. The van der Waals surface area contributed by atoms with Crippen LogP contribution in [0.5, 0.6) is 0 Å². The van der Waals surface area contributed by atoms with E-state index in [0.29, 0.717) is 38.9 Å². The normalized spacial score (nSPS) is 18.1. The minimum atomic E-state index is -2.94. The van der Waals surface area contributed by atoms with Gasteiger partial charge in [-0.05, 0) is 32.4 Å². The number of sulfone groups is 1. The topological polar surface area (TPSA) is 112 Å². The Morgan fingerprint density at radius 3 is 1.95 bits per heavy atom. The van der Waals surface area contributed by atoms with E-state index in [4.69, 9.17) is 9.90 Å². The van der Waals surface area contributed by atoms with E-state index >= 15 is 0 Å². The molecule has 1 fully saturated rings. The Kier molecular flexibility index (Phi) is 8.62. The van der Waals surface area contributed by atoms with E-state index in [0.717, 1.165) is 13.3 Å². The Balaban J connectivity index is 0.000000980. The molecule has 0 saturated carbocycles. The number of rotatable bonds is 6. The van der Waals surface area contributed by atoms with Gasteiger partial charge in [-0.3, -0.25) is 9.59 Å². The van der Waals surface area contributed by atoms with Crippen LogP contribution in [-0.4, -0.2) is 67.1 Å². The lowest BCUT2D eigenvalue weighted by atomic mass is 9.75. The van der Waals surface area contributed by atoms with E-state index < -0.39 is 27.2 Å². The highest BCUT2D eigenvalue weighted by Gasteiger charge is 2.40. The maximum Gasteiger partial charge on any atom is 0.309 e. The first kappa shape index (κ1) is 20.9. The van der Waals surface area contributed by atoms with Crippen LogP contribution in [0, 0.1) is 5.41 Å². The lowest BCUT2D eigenvalue weighted by Gasteiger charge is -2.38. The summed E-state index contributed by atoms with van der Waals surface area (Å²) in [5.74, 6) is -1.38. The van der Waals surface area contributed by atoms with Gasteiger partial charge in [0.25, 0.3) is 5.97 Å². The van der Waals surface area contributed by atoms with E-state index in [1.165, 1.54) is 6.26 Å². The zero-order chi connectivity index (χ0) is 17.4. The predicted octanol–water partition coefficient (Wildman–Crippen LogP) is 1.09. The molecule has 0 spiro atoms. The van der Waals surface area contributed by atoms with Gasteiger partial charge in [-0.1, -0.05) is 13.3 Å². The number of likely N-dealkylation sites (tertiary alicyclic amines) is 1. The van der Waals surface area contributed by atoms with Crippen molar-refractivity contribution in [3.8, 4) is 0 Å². The minimum Gasteiger partial charge on any atom is -0.481 e. The lowest BCUT2D eigenvalue weighted by molar-refractivity contribution is -0.152. The molecule has 22 heavy (non-hydrogen) atoms. The Bertz CT molecular complexity index is 462. The number of hydrogen-bond donors (Lipinski definition) is 2. The van der Waals surface area contributed by atoms with Gasteiger partial charge in [0.05, 0.1) is 11.2 Å². The second kappa shape index (κ2) is 9.09. The first-order valence-electron chi connectivity index (χ1n) is 7.35. The summed E-state index contributed by atoms with van der Waals surface area (Å²) in [5.41, 5.74) is -0.587. The average molecular weight is 337 g/mol. The van der Waals surface area contributed by atoms with E-state index in [-0.39, 0.29) is 5.75 Å². The molecule has 2 N–H and O–H groups in total. The monoisotopic (exact) mass is 337 g/mol. The number of carboxylic acid groups (broad SMARTS) is 2. The molecular formula is C14H27NO6S. The highest BCUT2D eigenvalue weighted by atomic mass is 32.2. The van der Waals surface area contributed by atoms with Crippen LogP contribution >= 0.6 is 0 Å². The Labute approximate surface area is 132 Å². The number of nitrogens with zero attached hydrogens (tertiary/aromatic N) is 1. The van der Waals surface area contributed by atoms with Crippen LogP contribution in [-0.2, 0) is 19.4 Å². The van der Waals surface area contributed by atoms with Crippen molar-refractivity contribution in [1.82, 2.24) is 4.90 Å². The highest BCUT2D eigenvalue weighted by molar-refractivity contribution is 7.90. The van der Waals surface area contributed by atoms with Gasteiger partial charge in [0, 0.05) is 19.7 Å². The number of aliphatic carboxylic acids is 2. The SMILES string of the molecule is CC(=O)O.CCCC1(C(=O)O)CCN(CCS(C)(=O)=O)CC1. The molecule has 1 rings (SSSR count). The number of carbonyl (C=O) groups is 2. The molecule has 8 heteroatoms. The van der Waals surface area contributed by atoms with Crippen LogP contribution in [0.3, 0.4) is 0 Å². The summed E-state index contributed by atoms with van der Waals surface area (Å²) < 4.78 is 22.2. The van der Waals surface area contributed by atoms with Crippen molar-refractivity contribution >= 4 is 21.8 Å². The van der Waals surface area contributed by atoms with Crippen molar-refractivity contribution in [1.29, 1.82) is 0 Å². The summed E-state index contributed by atoms with van der Waals surface area (Å²) in [5, 5.41) is 16.8. The first-order valence-corrected chi connectivity index (χ1v) is 9.41. The van der Waals surface area contributed by atoms with E-state index in [1.54, 1.807) is 0 Å². The molecule has 7 nitrogen and oxygen atoms in total. The lowest BCUT2D eigenvalue weighted by Crippen LogP contribution is -2.45. The van der Waals surface area contributed by atoms with Gasteiger partial charge in [0.2, 0.25) is 0 Å². The zero-order valence-electron chi connectivity index (χ0n) is 13.5. The van der Waals surface area contributed by atoms with Gasteiger partial charge in [0.1, 0.15) is 9.84 Å². The summed E-state index contributed by atoms with van der Waals surface area (Å²) >= 11 is 0. The van der Waals surface area contributed by atoms with Gasteiger partial charge in [0.15, 0.2) is 0 Å². The van der Waals surface area contributed by atoms with Gasteiger partial charge < -0.3 is 15.1 Å². The molecule has 0 aromatic rings. The molecule has 1 heterocycles. The van der Waals surface area contributed by atoms with Gasteiger partial charge in [-0.15, -0.1) is 0 Å². The van der Waals surface area contributed by atoms with E-state index in [1.807, 2.05) is 6.92 Å². The minimum absolute atomic E-state index is 0.154. The van der Waals surface area contributed by atoms with Crippen LogP contribution in [0.25, 0.3) is 0 Å². The zero-order valence-corrected chi connectivity index (χ0v) is 14.4. The molecular weight excluding hydrogens is 310 g/mol. The van der Waals surface area contributed by atoms with Crippen LogP contribution < -0.4 is 0 Å². The smallest absolute Gasteiger partial charge is 0.309 e. The van der Waals surface area contributed by atoms with Crippen LogP contribution in [0.2, 0.25) is 0 Å². The maximum absolute atomic E-state index is 11.4. The average Bonchev–Trinajstić information content (AvgIpc) is 2.36. The quantitative estimate of drug-likeness (QED) is 0.746. The summed E-state index contributed by atoms with van der Waals surface area (Å²) in [7, 11) is -2.94. The molecule has 0 bridgehead atoms. The van der Waals surface area contributed by atoms with Crippen molar-refractivity contribution in [2.24, 2.45) is 5.41 Å². The molecule has 0 aromatic heterocycles. The summed E-state index contributed by atoms with van der Waals surface area (Å²) in [6, 6.07) is 0. The molecule has 0 aromatic carbocycles. The third kappa shape index (κ3) is 8.33. The van der Waals surface area contributed by atoms with Crippen LogP contribution in [0.4, 0.5) is 0 Å². The highest BCUT2D eigenvalue weighted by Crippen LogP contribution is 2.36. The summed E-state index contributed by atoms with van der Waals surface area (Å²) in [6.45, 7) is 4.96. The molecule has 130 valence electrons. The summed E-state index contributed by atoms with van der Waals surface area (Å²) in [4.78, 5) is 22.4. The van der Waals surface area contributed by atoms with Crippen molar-refractivity contribution in [3.63, 3.8) is 0 Å². The third-order valence-electron chi connectivity index (χ3n) is 3.77. The van der Waals surface area contributed by atoms with E-state index in [9.17, 15) is 18.3 Å². The number of piperidine rings is 1. The van der Waals surface area contributed by atoms with Gasteiger partial charge >= 0.3 is 5.97 Å². The van der Waals surface area contributed by atoms with Crippen molar-refractivity contribution in [2.75, 3.05) is 31.6 Å². The Morgan fingerprint density at radius 1 is 1.18 bits per heavy atom. The fourth-order valence-electron chi connectivity index (χ4n) is 2.55. The maximum atomic E-state index is 11.4. The van der Waals surface area contributed by atoms with Crippen molar-refractivity contribution in [2.45, 2.75) is 39.5 Å². The molecule has 1 saturated heterocycles. The number of hydrogen-bond acceptors (Lipinski definition) is 5. The standard InChI is InChI=1S/C12H23NO4S.C2H4O2/c1-3-4-12(11(14)15)5-7-13(8-6-12)9-10-18(2,16)17;1-2(3)4/h3-10H2,1-2H3,(H,14,15);1H3,(H,3,4). The second-order valence-corrected chi connectivity index (χ2v) is 8.09. The third-order valence-corrected chi connectivity index (χ3v) is 4.70. The fraction of sp³-hybridized carbons (Fsp3) is 0.857. The van der Waals surface area contributed by atoms with Gasteiger partial charge in [-0.2, -0.15) is 0 Å². The number of carboxylic acids is 2. The van der Waals surface area contributed by atoms with Crippen LogP contribution in [0.1, 0.15) is 39.5 Å². The Morgan fingerprint density at radius 2 is 1.64 bits per heavy atom. The van der Waals surface area contributed by atoms with Gasteiger partial charge in [-0.25, -0.2) is 8.42 Å². The van der Waals surface area contributed by atoms with Crippen molar-refractivity contribution < 1.29 is 28.2 Å².